The smallest absolute Gasteiger partial charge is 0.244 e. The van der Waals surface area contributed by atoms with Gasteiger partial charge in [0, 0.05) is 13.6 Å². The molecule has 1 aliphatic rings. The molecule has 1 fully saturated rings. The Morgan fingerprint density at radius 1 is 1.46 bits per heavy atom. The summed E-state index contributed by atoms with van der Waals surface area (Å²) in [7, 11) is -2.16. The van der Waals surface area contributed by atoms with Crippen molar-refractivity contribution in [1.82, 2.24) is 19.8 Å². The zero-order chi connectivity index (χ0) is 18.3. The molecule has 4 N–H and O–H groups in total. The average Bonchev–Trinajstić information content (AvgIpc) is 3.27. The van der Waals surface area contributed by atoms with Crippen LogP contribution in [0, 0.1) is 19.8 Å². The molecule has 24 heavy (non-hydrogen) atoms. The van der Waals surface area contributed by atoms with E-state index in [2.05, 4.69) is 15.1 Å². The van der Waals surface area contributed by atoms with E-state index < -0.39 is 21.6 Å². The van der Waals surface area contributed by atoms with Crippen LogP contribution >= 0.6 is 0 Å². The molecule has 8 nitrogen and oxygen atoms in total. The maximum atomic E-state index is 12.6. The summed E-state index contributed by atoms with van der Waals surface area (Å²) in [5.41, 5.74) is 6.23. The number of sulfonamides is 1. The number of rotatable bonds is 7. The van der Waals surface area contributed by atoms with Gasteiger partial charge in [-0.25, -0.2) is 8.42 Å². The standard InChI is InChI=1S/C15H27N5O3S/c1-9-13(11(3)20(5)18-9)24(22,23)19-10(2)14(21)17-15(4,8-16)12-6-7-12/h10,12,19H,6-8,16H2,1-5H3,(H,17,21). The van der Waals surface area contributed by atoms with Crippen molar-refractivity contribution < 1.29 is 13.2 Å². The van der Waals surface area contributed by atoms with Crippen molar-refractivity contribution in [2.45, 2.75) is 57.0 Å². The Morgan fingerprint density at radius 2 is 2.04 bits per heavy atom. The number of carbonyl (C=O) groups is 1. The van der Waals surface area contributed by atoms with E-state index in [4.69, 9.17) is 5.73 Å². The van der Waals surface area contributed by atoms with E-state index in [-0.39, 0.29) is 10.8 Å². The minimum Gasteiger partial charge on any atom is -0.348 e. The van der Waals surface area contributed by atoms with Gasteiger partial charge >= 0.3 is 0 Å². The molecule has 0 spiro atoms. The van der Waals surface area contributed by atoms with Crippen LogP contribution in [0.25, 0.3) is 0 Å². The van der Waals surface area contributed by atoms with E-state index in [1.807, 2.05) is 6.92 Å². The van der Waals surface area contributed by atoms with Gasteiger partial charge in [0.05, 0.1) is 23.0 Å². The number of aromatic nitrogens is 2. The molecule has 1 aromatic heterocycles. The zero-order valence-corrected chi connectivity index (χ0v) is 15.7. The van der Waals surface area contributed by atoms with Crippen molar-refractivity contribution in [2.75, 3.05) is 6.54 Å². The number of nitrogens with two attached hydrogens (primary N) is 1. The summed E-state index contributed by atoms with van der Waals surface area (Å²) in [6.07, 6.45) is 2.06. The van der Waals surface area contributed by atoms with E-state index in [9.17, 15) is 13.2 Å². The minimum absolute atomic E-state index is 0.119. The van der Waals surface area contributed by atoms with Crippen LogP contribution in [0.2, 0.25) is 0 Å². The molecular formula is C15H27N5O3S. The average molecular weight is 357 g/mol. The third-order valence-corrected chi connectivity index (χ3v) is 6.54. The maximum absolute atomic E-state index is 12.6. The van der Waals surface area contributed by atoms with Crippen molar-refractivity contribution >= 4 is 15.9 Å². The van der Waals surface area contributed by atoms with Crippen molar-refractivity contribution in [3.8, 4) is 0 Å². The number of amides is 1. The molecule has 2 unspecified atom stereocenters. The second-order valence-electron chi connectivity index (χ2n) is 6.85. The lowest BCUT2D eigenvalue weighted by atomic mass is 9.95. The zero-order valence-electron chi connectivity index (χ0n) is 14.9. The lowest BCUT2D eigenvalue weighted by Gasteiger charge is -2.31. The van der Waals surface area contributed by atoms with Gasteiger partial charge in [-0.2, -0.15) is 9.82 Å². The molecule has 0 aliphatic heterocycles. The predicted octanol–water partition coefficient (Wildman–Crippen LogP) is -0.0527. The summed E-state index contributed by atoms with van der Waals surface area (Å²) >= 11 is 0. The molecule has 0 aromatic carbocycles. The van der Waals surface area contributed by atoms with Crippen LogP contribution in [0.5, 0.6) is 0 Å². The molecule has 2 rings (SSSR count). The molecule has 9 heteroatoms. The summed E-state index contributed by atoms with van der Waals surface area (Å²) in [6, 6.07) is -0.904. The third-order valence-electron chi connectivity index (χ3n) is 4.75. The topological polar surface area (TPSA) is 119 Å². The van der Waals surface area contributed by atoms with Gasteiger partial charge in [-0.1, -0.05) is 0 Å². The van der Waals surface area contributed by atoms with Crippen molar-refractivity contribution in [3.63, 3.8) is 0 Å². The SMILES string of the molecule is Cc1nn(C)c(C)c1S(=O)(=O)NC(C)C(=O)NC(C)(CN)C1CC1. The highest BCUT2D eigenvalue weighted by molar-refractivity contribution is 7.89. The van der Waals surface area contributed by atoms with Gasteiger partial charge in [-0.15, -0.1) is 0 Å². The number of nitrogens with one attached hydrogen (secondary N) is 2. The maximum Gasteiger partial charge on any atom is 0.244 e. The Kier molecular flexibility index (Phi) is 5.08. The molecule has 0 radical (unpaired) electrons. The van der Waals surface area contributed by atoms with Crippen molar-refractivity contribution in [1.29, 1.82) is 0 Å². The fourth-order valence-corrected chi connectivity index (χ4v) is 4.56. The molecule has 1 amide bonds. The highest BCUT2D eigenvalue weighted by atomic mass is 32.2. The van der Waals surface area contributed by atoms with Gasteiger partial charge < -0.3 is 11.1 Å². The third kappa shape index (κ3) is 3.62. The molecular weight excluding hydrogens is 330 g/mol. The number of aryl methyl sites for hydroxylation is 2. The van der Waals surface area contributed by atoms with Crippen molar-refractivity contribution in [3.05, 3.63) is 11.4 Å². The molecule has 0 saturated heterocycles. The van der Waals surface area contributed by atoms with Crippen LogP contribution in [-0.4, -0.2) is 42.2 Å². The van der Waals surface area contributed by atoms with E-state index >= 15 is 0 Å². The molecule has 1 aromatic rings. The fourth-order valence-electron chi connectivity index (χ4n) is 2.92. The number of carbonyl (C=O) groups excluding carboxylic acids is 1. The first-order valence-corrected chi connectivity index (χ1v) is 9.54. The summed E-state index contributed by atoms with van der Waals surface area (Å²) < 4.78 is 29.2. The number of hydrogen-bond acceptors (Lipinski definition) is 5. The first-order chi connectivity index (χ1) is 11.0. The lowest BCUT2D eigenvalue weighted by molar-refractivity contribution is -0.124. The van der Waals surface area contributed by atoms with Crippen LogP contribution in [0.4, 0.5) is 0 Å². The van der Waals surface area contributed by atoms with Gasteiger partial charge in [0.15, 0.2) is 0 Å². The quantitative estimate of drug-likeness (QED) is 0.632. The second-order valence-corrected chi connectivity index (χ2v) is 8.50. The monoisotopic (exact) mass is 357 g/mol. The molecule has 1 heterocycles. The van der Waals surface area contributed by atoms with Crippen LogP contribution in [0.3, 0.4) is 0 Å². The normalized spacial score (nSPS) is 18.9. The summed E-state index contributed by atoms with van der Waals surface area (Å²) in [4.78, 5) is 12.5. The molecule has 2 atom stereocenters. The fraction of sp³-hybridized carbons (Fsp3) is 0.733. The van der Waals surface area contributed by atoms with Crippen LogP contribution in [0.15, 0.2) is 4.90 Å². The van der Waals surface area contributed by atoms with Crippen LogP contribution in [0.1, 0.15) is 38.1 Å². The van der Waals surface area contributed by atoms with Gasteiger partial charge in [-0.3, -0.25) is 9.48 Å². The second kappa shape index (κ2) is 6.45. The first-order valence-electron chi connectivity index (χ1n) is 8.06. The van der Waals surface area contributed by atoms with E-state index in [1.165, 1.54) is 11.6 Å². The number of nitrogens with zero attached hydrogens (tertiary/aromatic N) is 2. The van der Waals surface area contributed by atoms with Crippen LogP contribution < -0.4 is 15.8 Å². The van der Waals surface area contributed by atoms with Gasteiger partial charge in [-0.05, 0) is 46.5 Å². The molecule has 0 bridgehead atoms. The summed E-state index contributed by atoms with van der Waals surface area (Å²) in [5, 5.41) is 7.02. The highest BCUT2D eigenvalue weighted by Gasteiger charge is 2.42. The Balaban J connectivity index is 2.13. The Bertz CT molecular complexity index is 739. The van der Waals surface area contributed by atoms with E-state index in [1.54, 1.807) is 20.9 Å². The minimum atomic E-state index is -3.84. The van der Waals surface area contributed by atoms with Gasteiger partial charge in [0.1, 0.15) is 4.90 Å². The Hall–Kier alpha value is -1.45. The largest absolute Gasteiger partial charge is 0.348 e. The number of hydrogen-bond donors (Lipinski definition) is 3. The van der Waals surface area contributed by atoms with Gasteiger partial charge in [0.2, 0.25) is 15.9 Å². The summed E-state index contributed by atoms with van der Waals surface area (Å²) in [5.74, 6) is -0.0179. The van der Waals surface area contributed by atoms with E-state index in [0.717, 1.165) is 12.8 Å². The van der Waals surface area contributed by atoms with Crippen LogP contribution in [-0.2, 0) is 21.9 Å². The van der Waals surface area contributed by atoms with E-state index in [0.29, 0.717) is 23.9 Å². The lowest BCUT2D eigenvalue weighted by Crippen LogP contribution is -2.57. The highest BCUT2D eigenvalue weighted by Crippen LogP contribution is 2.39. The molecule has 136 valence electrons. The summed E-state index contributed by atoms with van der Waals surface area (Å²) in [6.45, 7) is 7.06. The molecule has 1 saturated carbocycles. The first kappa shape index (κ1) is 18.9. The molecule has 1 aliphatic carbocycles. The Labute approximate surface area is 143 Å². The Morgan fingerprint density at radius 3 is 2.46 bits per heavy atom. The predicted molar refractivity (Wildman–Crippen MR) is 90.8 cm³/mol. The van der Waals surface area contributed by atoms with Gasteiger partial charge in [0.25, 0.3) is 0 Å². The van der Waals surface area contributed by atoms with Crippen molar-refractivity contribution in [2.24, 2.45) is 18.7 Å².